The van der Waals surface area contributed by atoms with E-state index in [9.17, 15) is 22.4 Å². The average molecular weight is 456 g/mol. The number of halogens is 1. The minimum atomic E-state index is -3.79. The van der Waals surface area contributed by atoms with Crippen molar-refractivity contribution in [3.05, 3.63) is 30.1 Å². The number of carbonyl (C=O) groups excluding carboxylic acids is 2. The lowest BCUT2D eigenvalue weighted by Crippen LogP contribution is -2.51. The van der Waals surface area contributed by atoms with E-state index in [-0.39, 0.29) is 47.8 Å². The highest BCUT2D eigenvalue weighted by atomic mass is 32.2. The van der Waals surface area contributed by atoms with Crippen LogP contribution in [0.1, 0.15) is 33.1 Å². The number of sulfonamides is 1. The van der Waals surface area contributed by atoms with Crippen LogP contribution in [0.15, 0.2) is 29.2 Å². The summed E-state index contributed by atoms with van der Waals surface area (Å²) in [5, 5.41) is 0. The van der Waals surface area contributed by atoms with Gasteiger partial charge in [0.1, 0.15) is 5.82 Å². The van der Waals surface area contributed by atoms with Gasteiger partial charge in [0.05, 0.1) is 17.1 Å². The summed E-state index contributed by atoms with van der Waals surface area (Å²) in [5.74, 6) is -0.644. The highest BCUT2D eigenvalue weighted by molar-refractivity contribution is 7.89. The Hall–Kier alpha value is -2.04. The predicted octanol–water partition coefficient (Wildman–Crippen LogP) is 1.37. The van der Waals surface area contributed by atoms with Crippen molar-refractivity contribution >= 4 is 21.8 Å². The van der Waals surface area contributed by atoms with Gasteiger partial charge in [-0.15, -0.1) is 0 Å². The molecule has 2 unspecified atom stereocenters. The van der Waals surface area contributed by atoms with E-state index in [0.29, 0.717) is 39.0 Å². The van der Waals surface area contributed by atoms with Gasteiger partial charge in [-0.1, -0.05) is 0 Å². The molecule has 0 spiro atoms. The molecule has 172 valence electrons. The molecule has 2 amide bonds. The first-order valence-corrected chi connectivity index (χ1v) is 12.1. The molecule has 1 aromatic carbocycles. The maximum atomic E-state index is 13.0. The van der Waals surface area contributed by atoms with E-state index in [2.05, 4.69) is 4.72 Å². The van der Waals surface area contributed by atoms with Crippen LogP contribution in [0.2, 0.25) is 0 Å². The second-order valence-electron chi connectivity index (χ2n) is 8.26. The topological polar surface area (TPSA) is 96.0 Å². The molecule has 0 aromatic heterocycles. The predicted molar refractivity (Wildman–Crippen MR) is 112 cm³/mol. The van der Waals surface area contributed by atoms with Crippen LogP contribution in [0.25, 0.3) is 0 Å². The number of ether oxygens (including phenoxy) is 1. The zero-order valence-corrected chi connectivity index (χ0v) is 18.7. The molecule has 3 rings (SSSR count). The van der Waals surface area contributed by atoms with E-state index in [0.717, 1.165) is 12.1 Å². The van der Waals surface area contributed by atoms with E-state index in [4.69, 9.17) is 4.74 Å². The molecule has 31 heavy (non-hydrogen) atoms. The fraction of sp³-hybridized carbons (Fsp3) is 0.619. The summed E-state index contributed by atoms with van der Waals surface area (Å²) < 4.78 is 45.4. The number of rotatable bonds is 6. The van der Waals surface area contributed by atoms with Crippen LogP contribution in [0.4, 0.5) is 4.39 Å². The monoisotopic (exact) mass is 455 g/mol. The van der Waals surface area contributed by atoms with Crippen molar-refractivity contribution in [2.75, 3.05) is 32.7 Å². The van der Waals surface area contributed by atoms with Gasteiger partial charge >= 0.3 is 0 Å². The van der Waals surface area contributed by atoms with Gasteiger partial charge < -0.3 is 14.5 Å². The van der Waals surface area contributed by atoms with Crippen LogP contribution in [0.3, 0.4) is 0 Å². The molecular weight excluding hydrogens is 425 g/mol. The van der Waals surface area contributed by atoms with Crippen molar-refractivity contribution in [3.8, 4) is 0 Å². The Labute approximate surface area is 182 Å². The van der Waals surface area contributed by atoms with E-state index >= 15 is 0 Å². The summed E-state index contributed by atoms with van der Waals surface area (Å²) in [6.07, 6.45) is 1.27. The molecule has 10 heteroatoms. The number of morpholine rings is 1. The maximum absolute atomic E-state index is 13.0. The molecule has 0 radical (unpaired) electrons. The zero-order chi connectivity index (χ0) is 22.6. The van der Waals surface area contributed by atoms with E-state index in [1.165, 1.54) is 12.1 Å². The minimum Gasteiger partial charge on any atom is -0.372 e. The van der Waals surface area contributed by atoms with Crippen molar-refractivity contribution in [2.45, 2.75) is 50.2 Å². The number of benzene rings is 1. The fourth-order valence-corrected chi connectivity index (χ4v) is 5.17. The van der Waals surface area contributed by atoms with Gasteiger partial charge in [-0.25, -0.2) is 17.5 Å². The Bertz CT molecular complexity index is 875. The molecule has 0 saturated carbocycles. The molecule has 8 nitrogen and oxygen atoms in total. The molecule has 0 bridgehead atoms. The minimum absolute atomic E-state index is 0.0213. The third kappa shape index (κ3) is 6.24. The molecule has 1 N–H and O–H groups in total. The van der Waals surface area contributed by atoms with Crippen LogP contribution in [-0.4, -0.2) is 75.0 Å². The highest BCUT2D eigenvalue weighted by Crippen LogP contribution is 2.22. The van der Waals surface area contributed by atoms with Crippen LogP contribution < -0.4 is 4.72 Å². The summed E-state index contributed by atoms with van der Waals surface area (Å²) in [6, 6.07) is 4.50. The fourth-order valence-electron chi connectivity index (χ4n) is 4.14. The van der Waals surface area contributed by atoms with Gasteiger partial charge in [-0.2, -0.15) is 0 Å². The Morgan fingerprint density at radius 1 is 1.06 bits per heavy atom. The van der Waals surface area contributed by atoms with Crippen molar-refractivity contribution < 1.29 is 27.1 Å². The second kappa shape index (κ2) is 10.1. The summed E-state index contributed by atoms with van der Waals surface area (Å²) >= 11 is 0. The van der Waals surface area contributed by atoms with Crippen LogP contribution in [0.5, 0.6) is 0 Å². The first-order chi connectivity index (χ1) is 14.7. The summed E-state index contributed by atoms with van der Waals surface area (Å²) in [7, 11) is -3.79. The van der Waals surface area contributed by atoms with E-state index in [1.807, 2.05) is 18.7 Å². The quantitative estimate of drug-likeness (QED) is 0.699. The Morgan fingerprint density at radius 3 is 2.23 bits per heavy atom. The van der Waals surface area contributed by atoms with Crippen molar-refractivity contribution in [1.82, 2.24) is 14.5 Å². The summed E-state index contributed by atoms with van der Waals surface area (Å²) in [4.78, 5) is 28.8. The number of nitrogens with zero attached hydrogens (tertiary/aromatic N) is 2. The van der Waals surface area contributed by atoms with Crippen LogP contribution >= 0.6 is 0 Å². The number of amides is 2. The third-order valence-corrected chi connectivity index (χ3v) is 7.16. The van der Waals surface area contributed by atoms with Gasteiger partial charge in [-0.05, 0) is 51.0 Å². The molecule has 2 aliphatic rings. The van der Waals surface area contributed by atoms with E-state index < -0.39 is 15.8 Å². The first-order valence-electron chi connectivity index (χ1n) is 10.6. The molecule has 2 saturated heterocycles. The number of likely N-dealkylation sites (tertiary alicyclic amines) is 1. The van der Waals surface area contributed by atoms with Crippen LogP contribution in [0, 0.1) is 11.7 Å². The maximum Gasteiger partial charge on any atom is 0.240 e. The zero-order valence-electron chi connectivity index (χ0n) is 17.9. The van der Waals surface area contributed by atoms with Gasteiger partial charge in [0.15, 0.2) is 0 Å². The number of nitrogens with one attached hydrogen (secondary N) is 1. The van der Waals surface area contributed by atoms with Gasteiger partial charge in [0, 0.05) is 45.1 Å². The molecule has 2 fully saturated rings. The SMILES string of the molecule is CC1CN(C(=O)C2CCN(C(=O)CCNS(=O)(=O)c3ccc(F)cc3)CC2)CC(C)O1. The highest BCUT2D eigenvalue weighted by Gasteiger charge is 2.33. The first kappa shape index (κ1) is 23.6. The largest absolute Gasteiger partial charge is 0.372 e. The second-order valence-corrected chi connectivity index (χ2v) is 10.0. The van der Waals surface area contributed by atoms with Crippen molar-refractivity contribution in [3.63, 3.8) is 0 Å². The number of hydrogen-bond donors (Lipinski definition) is 1. The molecular formula is C21H30FN3O5S. The smallest absolute Gasteiger partial charge is 0.240 e. The Morgan fingerprint density at radius 2 is 1.65 bits per heavy atom. The Balaban J connectivity index is 1.43. The van der Waals surface area contributed by atoms with E-state index in [1.54, 1.807) is 4.90 Å². The van der Waals surface area contributed by atoms with Crippen LogP contribution in [-0.2, 0) is 24.3 Å². The van der Waals surface area contributed by atoms with Gasteiger partial charge in [0.25, 0.3) is 0 Å². The molecule has 1 aromatic rings. The number of carbonyl (C=O) groups is 2. The van der Waals surface area contributed by atoms with Gasteiger partial charge in [0.2, 0.25) is 21.8 Å². The summed E-state index contributed by atoms with van der Waals surface area (Å²) in [5.41, 5.74) is 0. The molecule has 2 atom stereocenters. The number of piperidine rings is 1. The Kier molecular flexibility index (Phi) is 7.66. The average Bonchev–Trinajstić information content (AvgIpc) is 2.72. The molecule has 2 aliphatic heterocycles. The summed E-state index contributed by atoms with van der Waals surface area (Å²) in [6.45, 7) is 6.03. The lowest BCUT2D eigenvalue weighted by atomic mass is 9.94. The van der Waals surface area contributed by atoms with Gasteiger partial charge in [-0.3, -0.25) is 9.59 Å². The lowest BCUT2D eigenvalue weighted by Gasteiger charge is -2.39. The lowest BCUT2D eigenvalue weighted by molar-refractivity contribution is -0.150. The molecule has 0 aliphatic carbocycles. The standard InChI is InChI=1S/C21H30FN3O5S/c1-15-13-25(14-16(2)30-15)21(27)17-8-11-24(12-9-17)20(26)7-10-23-31(28,29)19-5-3-18(22)4-6-19/h3-6,15-17,23H,7-14H2,1-2H3. The molecule has 2 heterocycles. The third-order valence-electron chi connectivity index (χ3n) is 5.68. The normalized spacial score (nSPS) is 23.1. The van der Waals surface area contributed by atoms with Crippen molar-refractivity contribution in [2.24, 2.45) is 5.92 Å². The number of hydrogen-bond acceptors (Lipinski definition) is 5. The van der Waals surface area contributed by atoms with Crippen molar-refractivity contribution in [1.29, 1.82) is 0 Å².